The Morgan fingerprint density at radius 2 is 1.88 bits per heavy atom. The molecule has 1 aliphatic heterocycles. The highest BCUT2D eigenvalue weighted by atomic mass is 32.2. The third-order valence-corrected chi connectivity index (χ3v) is 6.78. The Balaban J connectivity index is 1.58. The summed E-state index contributed by atoms with van der Waals surface area (Å²) in [5, 5.41) is 8.18. The molecule has 0 aliphatic carbocycles. The largest absolute Gasteiger partial charge is 0.467 e. The standard InChI is InChI=1S/C25H21FN4O2S2/c1-15-21(24-28-23(29-32-24)17-5-9-18(26)10-6-17)22(16-7-11-20(34-2)12-8-16)27-25(33)30(15)14-19-4-3-13-31-19/h3-13,22H,14H2,1-2H3,(H,27,33). The van der Waals surface area contributed by atoms with Gasteiger partial charge >= 0.3 is 0 Å². The monoisotopic (exact) mass is 492 g/mol. The Kier molecular flexibility index (Phi) is 6.21. The molecule has 34 heavy (non-hydrogen) atoms. The van der Waals surface area contributed by atoms with Crippen LogP contribution in [0, 0.1) is 5.82 Å². The number of thioether (sulfide) groups is 1. The summed E-state index contributed by atoms with van der Waals surface area (Å²) >= 11 is 7.42. The molecule has 3 heterocycles. The number of aromatic nitrogens is 2. The lowest BCUT2D eigenvalue weighted by Crippen LogP contribution is -2.45. The van der Waals surface area contributed by atoms with Crippen LogP contribution in [0.15, 0.2) is 86.5 Å². The second-order valence-electron chi connectivity index (χ2n) is 7.75. The van der Waals surface area contributed by atoms with Crippen LogP contribution in [0.1, 0.15) is 30.2 Å². The van der Waals surface area contributed by atoms with Crippen LogP contribution in [0.3, 0.4) is 0 Å². The summed E-state index contributed by atoms with van der Waals surface area (Å²) in [7, 11) is 0. The van der Waals surface area contributed by atoms with Crippen LogP contribution in [0.5, 0.6) is 0 Å². The van der Waals surface area contributed by atoms with E-state index in [9.17, 15) is 4.39 Å². The number of nitrogens with one attached hydrogen (secondary N) is 1. The van der Waals surface area contributed by atoms with Gasteiger partial charge in [-0.2, -0.15) is 4.98 Å². The first-order valence-electron chi connectivity index (χ1n) is 10.6. The molecule has 0 saturated carbocycles. The molecule has 0 fully saturated rings. The second kappa shape index (κ2) is 9.44. The van der Waals surface area contributed by atoms with Gasteiger partial charge in [-0.15, -0.1) is 11.8 Å². The predicted molar refractivity (Wildman–Crippen MR) is 133 cm³/mol. The van der Waals surface area contributed by atoms with Gasteiger partial charge in [-0.05, 0) is 79.5 Å². The van der Waals surface area contributed by atoms with E-state index in [1.54, 1.807) is 30.2 Å². The van der Waals surface area contributed by atoms with E-state index in [1.165, 1.54) is 17.0 Å². The Hall–Kier alpha value is -3.43. The molecule has 0 spiro atoms. The minimum absolute atomic E-state index is 0.280. The highest BCUT2D eigenvalue weighted by Gasteiger charge is 2.34. The Morgan fingerprint density at radius 3 is 2.56 bits per heavy atom. The normalized spacial score (nSPS) is 16.1. The van der Waals surface area contributed by atoms with Crippen LogP contribution >= 0.6 is 24.0 Å². The second-order valence-corrected chi connectivity index (χ2v) is 9.02. The van der Waals surface area contributed by atoms with Crippen LogP contribution in [0.25, 0.3) is 17.0 Å². The number of hydrogen-bond acceptors (Lipinski definition) is 6. The first-order valence-corrected chi connectivity index (χ1v) is 12.2. The van der Waals surface area contributed by atoms with Gasteiger partial charge in [-0.25, -0.2) is 4.39 Å². The summed E-state index contributed by atoms with van der Waals surface area (Å²) in [4.78, 5) is 7.78. The maximum absolute atomic E-state index is 13.4. The van der Waals surface area contributed by atoms with Crippen molar-refractivity contribution in [3.8, 4) is 11.4 Å². The Morgan fingerprint density at radius 1 is 1.12 bits per heavy atom. The molecule has 6 nitrogen and oxygen atoms in total. The summed E-state index contributed by atoms with van der Waals surface area (Å²) in [5.74, 6) is 1.22. The molecule has 1 unspecified atom stereocenters. The fourth-order valence-corrected chi connectivity index (χ4v) is 4.63. The zero-order valence-corrected chi connectivity index (χ0v) is 20.1. The number of hydrogen-bond donors (Lipinski definition) is 1. The minimum atomic E-state index is -0.321. The molecule has 1 atom stereocenters. The van der Waals surface area contributed by atoms with Crippen LogP contribution in [-0.4, -0.2) is 26.4 Å². The first kappa shape index (κ1) is 22.4. The zero-order valence-electron chi connectivity index (χ0n) is 18.5. The lowest BCUT2D eigenvalue weighted by Gasteiger charge is -2.37. The van der Waals surface area contributed by atoms with Crippen molar-refractivity contribution in [3.63, 3.8) is 0 Å². The maximum atomic E-state index is 13.4. The van der Waals surface area contributed by atoms with Crippen molar-refractivity contribution in [2.24, 2.45) is 0 Å². The Labute approximate surface area is 205 Å². The molecule has 2 aromatic carbocycles. The minimum Gasteiger partial charge on any atom is -0.467 e. The molecule has 172 valence electrons. The third-order valence-electron chi connectivity index (χ3n) is 5.70. The van der Waals surface area contributed by atoms with Gasteiger partial charge in [0.1, 0.15) is 11.6 Å². The average Bonchev–Trinajstić information content (AvgIpc) is 3.54. The number of nitrogens with zero attached hydrogens (tertiary/aromatic N) is 3. The molecule has 2 aromatic heterocycles. The van der Waals surface area contributed by atoms with Crippen molar-refractivity contribution in [2.45, 2.75) is 24.4 Å². The van der Waals surface area contributed by atoms with Crippen molar-refractivity contribution in [3.05, 3.63) is 95.7 Å². The molecule has 5 rings (SSSR count). The number of benzene rings is 2. The van der Waals surface area contributed by atoms with Crippen molar-refractivity contribution < 1.29 is 13.3 Å². The van der Waals surface area contributed by atoms with Gasteiger partial charge < -0.3 is 19.2 Å². The summed E-state index contributed by atoms with van der Waals surface area (Å²) in [5.41, 5.74) is 3.39. The first-order chi connectivity index (χ1) is 16.5. The quantitative estimate of drug-likeness (QED) is 0.258. The molecule has 4 aromatic rings. The van der Waals surface area contributed by atoms with Gasteiger partial charge in [-0.1, -0.05) is 17.3 Å². The zero-order chi connectivity index (χ0) is 23.7. The van der Waals surface area contributed by atoms with E-state index < -0.39 is 0 Å². The Bertz CT molecular complexity index is 1330. The van der Waals surface area contributed by atoms with Gasteiger partial charge in [0.25, 0.3) is 5.89 Å². The topological polar surface area (TPSA) is 67.3 Å². The highest BCUT2D eigenvalue weighted by molar-refractivity contribution is 7.98. The number of thiocarbonyl (C=S) groups is 1. The number of allylic oxidation sites excluding steroid dienone is 1. The van der Waals surface area contributed by atoms with Gasteiger partial charge in [0.15, 0.2) is 5.11 Å². The third kappa shape index (κ3) is 4.36. The van der Waals surface area contributed by atoms with E-state index in [0.29, 0.717) is 28.9 Å². The summed E-state index contributed by atoms with van der Waals surface area (Å²) in [6, 6.07) is 17.8. The van der Waals surface area contributed by atoms with Crippen LogP contribution < -0.4 is 5.32 Å². The smallest absolute Gasteiger partial charge is 0.258 e. The van der Waals surface area contributed by atoms with E-state index in [1.807, 2.05) is 30.2 Å². The van der Waals surface area contributed by atoms with Crippen molar-refractivity contribution in [1.82, 2.24) is 20.4 Å². The SMILES string of the molecule is CSc1ccc(C2NC(=S)N(Cc3ccco3)C(C)=C2c2nc(-c3ccc(F)cc3)no2)cc1. The van der Waals surface area contributed by atoms with Gasteiger partial charge in [0.2, 0.25) is 5.82 Å². The van der Waals surface area contributed by atoms with Gasteiger partial charge in [-0.3, -0.25) is 0 Å². The molecule has 1 N–H and O–H groups in total. The van der Waals surface area contributed by atoms with Crippen molar-refractivity contribution in [2.75, 3.05) is 6.26 Å². The summed E-state index contributed by atoms with van der Waals surface area (Å²) < 4.78 is 24.6. The number of rotatable bonds is 6. The predicted octanol–water partition coefficient (Wildman–Crippen LogP) is 6.05. The van der Waals surface area contributed by atoms with E-state index in [0.717, 1.165) is 22.6 Å². The van der Waals surface area contributed by atoms with Crippen molar-refractivity contribution >= 4 is 34.7 Å². The van der Waals surface area contributed by atoms with E-state index in [-0.39, 0.29) is 11.9 Å². The molecule has 0 saturated heterocycles. The molecular formula is C25H21FN4O2S2. The lowest BCUT2D eigenvalue weighted by atomic mass is 9.95. The molecule has 0 amide bonds. The van der Waals surface area contributed by atoms with E-state index in [2.05, 4.69) is 39.7 Å². The molecule has 1 aliphatic rings. The fourth-order valence-electron chi connectivity index (χ4n) is 3.90. The highest BCUT2D eigenvalue weighted by Crippen LogP contribution is 2.38. The maximum Gasteiger partial charge on any atom is 0.258 e. The number of halogens is 1. The van der Waals surface area contributed by atoms with Crippen LogP contribution in [-0.2, 0) is 6.54 Å². The van der Waals surface area contributed by atoms with Crippen LogP contribution in [0.4, 0.5) is 4.39 Å². The molecular weight excluding hydrogens is 471 g/mol. The van der Waals surface area contributed by atoms with E-state index >= 15 is 0 Å². The summed E-state index contributed by atoms with van der Waals surface area (Å²) in [6.45, 7) is 2.45. The van der Waals surface area contributed by atoms with Crippen molar-refractivity contribution in [1.29, 1.82) is 0 Å². The number of furan rings is 1. The lowest BCUT2D eigenvalue weighted by molar-refractivity contribution is 0.382. The fraction of sp³-hybridized carbons (Fsp3) is 0.160. The molecule has 0 bridgehead atoms. The van der Waals surface area contributed by atoms with Gasteiger partial charge in [0, 0.05) is 16.2 Å². The molecule has 9 heteroatoms. The van der Waals surface area contributed by atoms with Crippen LogP contribution in [0.2, 0.25) is 0 Å². The summed E-state index contributed by atoms with van der Waals surface area (Å²) in [6.07, 6.45) is 3.68. The molecule has 0 radical (unpaired) electrons. The van der Waals surface area contributed by atoms with E-state index in [4.69, 9.17) is 21.2 Å². The average molecular weight is 493 g/mol. The van der Waals surface area contributed by atoms with Gasteiger partial charge in [0.05, 0.1) is 24.4 Å².